The number of hydrogen-bond acceptors (Lipinski definition) is 8. The summed E-state index contributed by atoms with van der Waals surface area (Å²) in [5.74, 6) is 0. The minimum absolute atomic E-state index is 0.692. The molecule has 0 fully saturated rings. The molecule has 8 heteroatoms. The zero-order chi connectivity index (χ0) is 34.7. The van der Waals surface area contributed by atoms with Crippen LogP contribution in [0.2, 0.25) is 0 Å². The van der Waals surface area contributed by atoms with E-state index in [9.17, 15) is 0 Å². The molecule has 9 rings (SSSR count). The van der Waals surface area contributed by atoms with Gasteiger partial charge in [0, 0.05) is 106 Å². The SMILES string of the molecule is c1cncc(-c2cncc(-c3ccc(C4=Nc5cccnc5C(c5ccc(-c6cncc(-c7cccnc7)c6)cc5)=Nc5cccnc54)cc3)c2)c1. The summed E-state index contributed by atoms with van der Waals surface area (Å²) in [6, 6.07) is 36.6. The van der Waals surface area contributed by atoms with Gasteiger partial charge in [0.05, 0.1) is 22.8 Å². The third-order valence-electron chi connectivity index (χ3n) is 8.94. The van der Waals surface area contributed by atoms with Gasteiger partial charge in [-0.15, -0.1) is 0 Å². The van der Waals surface area contributed by atoms with Gasteiger partial charge in [-0.05, 0) is 59.7 Å². The van der Waals surface area contributed by atoms with Crippen molar-refractivity contribution in [3.05, 3.63) is 194 Å². The number of pyridine rings is 6. The number of fused-ring (bicyclic) bond motifs is 2. The molecule has 0 atom stereocenters. The van der Waals surface area contributed by atoms with Gasteiger partial charge in [-0.3, -0.25) is 29.9 Å². The van der Waals surface area contributed by atoms with Crippen molar-refractivity contribution in [1.29, 1.82) is 0 Å². The van der Waals surface area contributed by atoms with Gasteiger partial charge in [0.2, 0.25) is 0 Å². The van der Waals surface area contributed by atoms with Crippen LogP contribution >= 0.6 is 0 Å². The average Bonchev–Trinajstić information content (AvgIpc) is 3.22. The monoisotopic (exact) mass is 668 g/mol. The lowest BCUT2D eigenvalue weighted by molar-refractivity contribution is 1.22. The van der Waals surface area contributed by atoms with Crippen molar-refractivity contribution in [2.45, 2.75) is 0 Å². The Morgan fingerprint density at radius 2 is 0.654 bits per heavy atom. The van der Waals surface area contributed by atoms with Gasteiger partial charge in [-0.1, -0.05) is 60.7 Å². The summed E-state index contributed by atoms with van der Waals surface area (Å²) in [7, 11) is 0. The fourth-order valence-electron chi connectivity index (χ4n) is 6.31. The predicted molar refractivity (Wildman–Crippen MR) is 205 cm³/mol. The number of nitrogens with zero attached hydrogens (tertiary/aromatic N) is 8. The van der Waals surface area contributed by atoms with Crippen LogP contribution in [-0.4, -0.2) is 41.3 Å². The molecule has 8 nitrogen and oxygen atoms in total. The van der Waals surface area contributed by atoms with Gasteiger partial charge >= 0.3 is 0 Å². The summed E-state index contributed by atoms with van der Waals surface area (Å²) < 4.78 is 0. The summed E-state index contributed by atoms with van der Waals surface area (Å²) in [5.41, 5.74) is 14.2. The molecule has 0 bridgehead atoms. The van der Waals surface area contributed by atoms with Crippen LogP contribution < -0.4 is 0 Å². The number of hydrogen-bond donors (Lipinski definition) is 0. The molecule has 0 aliphatic carbocycles. The summed E-state index contributed by atoms with van der Waals surface area (Å²) in [6.07, 6.45) is 18.3. The second-order valence-corrected chi connectivity index (χ2v) is 12.2. The second-order valence-electron chi connectivity index (χ2n) is 12.2. The first-order valence-corrected chi connectivity index (χ1v) is 16.8. The highest BCUT2D eigenvalue weighted by atomic mass is 14.9. The maximum atomic E-state index is 5.22. The lowest BCUT2D eigenvalue weighted by Crippen LogP contribution is -2.12. The molecular formula is C44H28N8. The van der Waals surface area contributed by atoms with Crippen molar-refractivity contribution in [1.82, 2.24) is 29.9 Å². The Hall–Kier alpha value is -7.32. The van der Waals surface area contributed by atoms with Gasteiger partial charge < -0.3 is 0 Å². The molecule has 7 heterocycles. The van der Waals surface area contributed by atoms with E-state index in [4.69, 9.17) is 20.0 Å². The minimum atomic E-state index is 0.692. The zero-order valence-electron chi connectivity index (χ0n) is 27.7. The number of aromatic nitrogens is 6. The molecule has 0 saturated carbocycles. The maximum absolute atomic E-state index is 5.22. The van der Waals surface area contributed by atoms with Crippen LogP contribution in [0, 0.1) is 0 Å². The summed E-state index contributed by atoms with van der Waals surface area (Å²) in [4.78, 5) is 37.6. The molecule has 0 spiro atoms. The lowest BCUT2D eigenvalue weighted by atomic mass is 9.97. The van der Waals surface area contributed by atoms with Gasteiger partial charge in [0.25, 0.3) is 0 Å². The van der Waals surface area contributed by atoms with E-state index < -0.39 is 0 Å². The highest BCUT2D eigenvalue weighted by molar-refractivity contribution is 6.21. The lowest BCUT2D eigenvalue weighted by Gasteiger charge is -2.17. The first kappa shape index (κ1) is 30.7. The molecule has 8 aromatic rings. The van der Waals surface area contributed by atoms with Crippen LogP contribution in [0.3, 0.4) is 0 Å². The minimum Gasteiger partial charge on any atom is -0.264 e. The number of rotatable bonds is 6. The van der Waals surface area contributed by atoms with Crippen LogP contribution in [0.1, 0.15) is 22.5 Å². The van der Waals surface area contributed by atoms with Gasteiger partial charge in [-0.25, -0.2) is 9.98 Å². The molecule has 2 aromatic carbocycles. The normalized spacial score (nSPS) is 12.1. The van der Waals surface area contributed by atoms with E-state index in [1.807, 2.05) is 85.7 Å². The molecule has 1 aliphatic heterocycles. The number of aliphatic imine (C=N–C) groups is 2. The van der Waals surface area contributed by atoms with Crippen LogP contribution in [0.5, 0.6) is 0 Å². The molecule has 1 aliphatic rings. The molecule has 0 N–H and O–H groups in total. The standard InChI is InChI=1S/C44H28N8/c1-5-33(23-45-17-1)37-21-35(25-47-27-37)29-9-13-31(14-10-29)41-43-39(7-3-19-49-43)52-42(44-40(51-41)8-4-20-50-44)32-15-11-30(12-16-32)36-22-38(28-48-26-36)34-6-2-18-46-24-34/h1-28H. The Bertz CT molecular complexity index is 2420. The van der Waals surface area contributed by atoms with Crippen LogP contribution in [0.15, 0.2) is 181 Å². The molecule has 0 amide bonds. The number of benzene rings is 2. The van der Waals surface area contributed by atoms with Crippen molar-refractivity contribution in [3.63, 3.8) is 0 Å². The van der Waals surface area contributed by atoms with Crippen molar-refractivity contribution < 1.29 is 0 Å². The summed E-state index contributed by atoms with van der Waals surface area (Å²) in [5, 5.41) is 0. The molecule has 0 saturated heterocycles. The van der Waals surface area contributed by atoms with Crippen molar-refractivity contribution >= 4 is 22.8 Å². The Balaban J connectivity index is 1.07. The smallest absolute Gasteiger partial charge is 0.115 e. The van der Waals surface area contributed by atoms with Crippen LogP contribution in [-0.2, 0) is 0 Å². The summed E-state index contributed by atoms with van der Waals surface area (Å²) >= 11 is 0. The van der Waals surface area contributed by atoms with E-state index in [2.05, 4.69) is 80.6 Å². The third kappa shape index (κ3) is 6.05. The molecule has 0 unspecified atom stereocenters. The maximum Gasteiger partial charge on any atom is 0.115 e. The largest absolute Gasteiger partial charge is 0.264 e. The first-order valence-electron chi connectivity index (χ1n) is 16.8. The van der Waals surface area contributed by atoms with E-state index in [1.54, 1.807) is 24.8 Å². The molecule has 6 aromatic heterocycles. The second kappa shape index (κ2) is 13.5. The Labute approximate surface area is 300 Å². The van der Waals surface area contributed by atoms with Gasteiger partial charge in [-0.2, -0.15) is 0 Å². The first-order chi connectivity index (χ1) is 25.8. The van der Waals surface area contributed by atoms with Crippen molar-refractivity contribution in [3.8, 4) is 44.5 Å². The van der Waals surface area contributed by atoms with E-state index in [1.165, 1.54) is 0 Å². The van der Waals surface area contributed by atoms with E-state index in [0.717, 1.165) is 67.1 Å². The highest BCUT2D eigenvalue weighted by Gasteiger charge is 2.22. The van der Waals surface area contributed by atoms with E-state index >= 15 is 0 Å². The zero-order valence-corrected chi connectivity index (χ0v) is 27.7. The van der Waals surface area contributed by atoms with Crippen molar-refractivity contribution in [2.75, 3.05) is 0 Å². The van der Waals surface area contributed by atoms with E-state index in [-0.39, 0.29) is 0 Å². The fourth-order valence-corrected chi connectivity index (χ4v) is 6.31. The Morgan fingerprint density at radius 3 is 1.06 bits per heavy atom. The van der Waals surface area contributed by atoms with E-state index in [0.29, 0.717) is 22.8 Å². The highest BCUT2D eigenvalue weighted by Crippen LogP contribution is 2.33. The Kier molecular flexibility index (Phi) is 7.99. The molecule has 0 radical (unpaired) electrons. The van der Waals surface area contributed by atoms with Crippen LogP contribution in [0.4, 0.5) is 11.4 Å². The third-order valence-corrected chi connectivity index (χ3v) is 8.94. The topological polar surface area (TPSA) is 102 Å². The van der Waals surface area contributed by atoms with Crippen LogP contribution in [0.25, 0.3) is 44.5 Å². The quantitative estimate of drug-likeness (QED) is 0.175. The van der Waals surface area contributed by atoms with Gasteiger partial charge in [0.15, 0.2) is 0 Å². The predicted octanol–water partition coefficient (Wildman–Crippen LogP) is 9.38. The molecular weight excluding hydrogens is 641 g/mol. The molecule has 244 valence electrons. The fraction of sp³-hybridized carbons (Fsp3) is 0. The Morgan fingerprint density at radius 1 is 0.288 bits per heavy atom. The van der Waals surface area contributed by atoms with Crippen molar-refractivity contribution in [2.24, 2.45) is 9.98 Å². The van der Waals surface area contributed by atoms with Gasteiger partial charge in [0.1, 0.15) is 11.4 Å². The summed E-state index contributed by atoms with van der Waals surface area (Å²) in [6.45, 7) is 0. The average molecular weight is 669 g/mol. The molecule has 52 heavy (non-hydrogen) atoms.